The van der Waals surface area contributed by atoms with Crippen molar-refractivity contribution in [1.29, 1.82) is 0 Å². The standard InChI is InChI=1S/C21H20F3N5O3/c1-11-4-5-31-16-3-2-13(22)6-12(16)8-28-15(18(23)24)10-32-17-9-29-19(27-20(17)28)14(7-25-29)21(30)26-11/h2-3,6-7,9,11,15,18H,4-5,8,10H2,1H3,(H,26,30). The maximum atomic E-state index is 14.1. The number of aromatic nitrogens is 3. The Balaban J connectivity index is 1.69. The Bertz CT molecular complexity index is 1180. The lowest BCUT2D eigenvalue weighted by molar-refractivity contribution is 0.0765. The van der Waals surface area contributed by atoms with Gasteiger partial charge in [-0.25, -0.2) is 22.7 Å². The lowest BCUT2D eigenvalue weighted by Gasteiger charge is -2.37. The van der Waals surface area contributed by atoms with Crippen molar-refractivity contribution < 1.29 is 27.4 Å². The fraction of sp³-hybridized carbons (Fsp3) is 0.381. The second-order valence-electron chi connectivity index (χ2n) is 7.86. The van der Waals surface area contributed by atoms with Gasteiger partial charge >= 0.3 is 0 Å². The molecule has 2 atom stereocenters. The molecular formula is C21H20F3N5O3. The molecule has 168 valence electrons. The van der Waals surface area contributed by atoms with Crippen molar-refractivity contribution in [2.75, 3.05) is 18.1 Å². The number of nitrogens with one attached hydrogen (secondary N) is 1. The first-order chi connectivity index (χ1) is 15.4. The first kappa shape index (κ1) is 20.4. The van der Waals surface area contributed by atoms with Gasteiger partial charge in [-0.05, 0) is 25.1 Å². The van der Waals surface area contributed by atoms with Gasteiger partial charge in [0.1, 0.15) is 29.8 Å². The van der Waals surface area contributed by atoms with Crippen LogP contribution >= 0.6 is 0 Å². The number of ether oxygens (including phenoxy) is 2. The van der Waals surface area contributed by atoms with E-state index in [1.54, 1.807) is 0 Å². The minimum atomic E-state index is -2.74. The number of alkyl halides is 2. The van der Waals surface area contributed by atoms with Crippen LogP contribution < -0.4 is 19.7 Å². The number of carbonyl (C=O) groups excluding carboxylic acids is 1. The highest BCUT2D eigenvalue weighted by atomic mass is 19.3. The van der Waals surface area contributed by atoms with E-state index in [2.05, 4.69) is 15.4 Å². The highest BCUT2D eigenvalue weighted by molar-refractivity contribution is 6.00. The average molecular weight is 447 g/mol. The topological polar surface area (TPSA) is 81.0 Å². The van der Waals surface area contributed by atoms with Crippen LogP contribution in [-0.2, 0) is 6.54 Å². The van der Waals surface area contributed by atoms with Gasteiger partial charge in [0, 0.05) is 24.6 Å². The summed E-state index contributed by atoms with van der Waals surface area (Å²) in [6, 6.07) is 2.47. The minimum Gasteiger partial charge on any atom is -0.493 e. The zero-order valence-corrected chi connectivity index (χ0v) is 17.1. The molecule has 2 aliphatic heterocycles. The fourth-order valence-electron chi connectivity index (χ4n) is 3.89. The summed E-state index contributed by atoms with van der Waals surface area (Å²) < 4.78 is 54.7. The van der Waals surface area contributed by atoms with Gasteiger partial charge in [-0.15, -0.1) is 0 Å². The summed E-state index contributed by atoms with van der Waals surface area (Å²) >= 11 is 0. The molecule has 0 radical (unpaired) electrons. The number of hydrogen-bond donors (Lipinski definition) is 1. The van der Waals surface area contributed by atoms with Crippen molar-refractivity contribution in [2.45, 2.75) is 38.4 Å². The molecule has 1 N–H and O–H groups in total. The Labute approximate surface area is 180 Å². The van der Waals surface area contributed by atoms with Crippen LogP contribution in [0.2, 0.25) is 0 Å². The Kier molecular flexibility index (Phi) is 5.03. The third-order valence-electron chi connectivity index (χ3n) is 5.61. The smallest absolute Gasteiger partial charge is 0.261 e. The van der Waals surface area contributed by atoms with Gasteiger partial charge in [0.25, 0.3) is 12.3 Å². The summed E-state index contributed by atoms with van der Waals surface area (Å²) in [7, 11) is 0. The largest absolute Gasteiger partial charge is 0.493 e. The lowest BCUT2D eigenvalue weighted by Crippen LogP contribution is -2.47. The van der Waals surface area contributed by atoms with Crippen molar-refractivity contribution >= 4 is 17.4 Å². The number of anilines is 1. The number of hydrogen-bond acceptors (Lipinski definition) is 6. The minimum absolute atomic E-state index is 0.0765. The van der Waals surface area contributed by atoms with Gasteiger partial charge in [0.15, 0.2) is 17.2 Å². The molecule has 3 aromatic rings. The second kappa shape index (κ2) is 7.88. The van der Waals surface area contributed by atoms with Gasteiger partial charge in [-0.3, -0.25) is 4.79 Å². The number of carbonyl (C=O) groups is 1. The van der Waals surface area contributed by atoms with Crippen LogP contribution in [0.25, 0.3) is 5.65 Å². The molecule has 1 amide bonds. The summed E-state index contributed by atoms with van der Waals surface area (Å²) in [4.78, 5) is 18.6. The van der Waals surface area contributed by atoms with Gasteiger partial charge < -0.3 is 19.7 Å². The Morgan fingerprint density at radius 3 is 2.91 bits per heavy atom. The Hall–Kier alpha value is -3.50. The maximum absolute atomic E-state index is 14.1. The number of fused-ring (bicyclic) bond motifs is 1. The van der Waals surface area contributed by atoms with Crippen LogP contribution in [0.3, 0.4) is 0 Å². The van der Waals surface area contributed by atoms with Crippen molar-refractivity contribution in [3.8, 4) is 11.5 Å². The molecule has 2 aromatic heterocycles. The summed E-state index contributed by atoms with van der Waals surface area (Å²) in [6.45, 7) is 1.73. The SMILES string of the molecule is CC1CCOc2ccc(F)cc2CN2c3nc4c(cnn4cc3OCC2C(F)F)C(=O)N1. The van der Waals surface area contributed by atoms with Gasteiger partial charge in [0.05, 0.1) is 19.0 Å². The van der Waals surface area contributed by atoms with E-state index in [0.29, 0.717) is 17.7 Å². The van der Waals surface area contributed by atoms with E-state index < -0.39 is 18.3 Å². The molecule has 32 heavy (non-hydrogen) atoms. The molecule has 0 saturated carbocycles. The van der Waals surface area contributed by atoms with Crippen LogP contribution in [-0.4, -0.2) is 52.2 Å². The molecule has 5 rings (SSSR count). The molecule has 1 aromatic carbocycles. The molecule has 0 aliphatic carbocycles. The fourth-order valence-corrected chi connectivity index (χ4v) is 3.89. The number of nitrogens with zero attached hydrogens (tertiary/aromatic N) is 4. The predicted molar refractivity (Wildman–Crippen MR) is 108 cm³/mol. The van der Waals surface area contributed by atoms with E-state index in [1.165, 1.54) is 40.0 Å². The molecular weight excluding hydrogens is 427 g/mol. The van der Waals surface area contributed by atoms with Gasteiger partial charge in [-0.2, -0.15) is 5.10 Å². The molecule has 8 nitrogen and oxygen atoms in total. The van der Waals surface area contributed by atoms with Crippen LogP contribution in [0.5, 0.6) is 11.5 Å². The number of halogens is 3. The van der Waals surface area contributed by atoms with E-state index >= 15 is 0 Å². The van der Waals surface area contributed by atoms with Crippen LogP contribution in [0.4, 0.5) is 19.0 Å². The Morgan fingerprint density at radius 1 is 1.25 bits per heavy atom. The van der Waals surface area contributed by atoms with E-state index in [0.717, 1.165) is 0 Å². The van der Waals surface area contributed by atoms with E-state index in [-0.39, 0.29) is 54.5 Å². The molecule has 0 spiro atoms. The zero-order valence-electron chi connectivity index (χ0n) is 17.1. The summed E-state index contributed by atoms with van der Waals surface area (Å²) in [6.07, 6.45) is 0.618. The van der Waals surface area contributed by atoms with Crippen molar-refractivity contribution in [2.24, 2.45) is 0 Å². The summed E-state index contributed by atoms with van der Waals surface area (Å²) in [5, 5.41) is 7.02. The molecule has 4 heterocycles. The molecule has 2 aliphatic rings. The molecule has 0 saturated heterocycles. The maximum Gasteiger partial charge on any atom is 0.261 e. The first-order valence-corrected chi connectivity index (χ1v) is 10.2. The predicted octanol–water partition coefficient (Wildman–Crippen LogP) is 2.80. The number of amides is 1. The first-order valence-electron chi connectivity index (χ1n) is 10.2. The third kappa shape index (κ3) is 3.57. The van der Waals surface area contributed by atoms with E-state index in [9.17, 15) is 18.0 Å². The van der Waals surface area contributed by atoms with Crippen LogP contribution in [0.1, 0.15) is 29.3 Å². The van der Waals surface area contributed by atoms with Crippen molar-refractivity contribution in [3.05, 3.63) is 47.5 Å². The summed E-state index contributed by atoms with van der Waals surface area (Å²) in [5.41, 5.74) is 0.834. The number of rotatable bonds is 1. The molecule has 2 bridgehead atoms. The van der Waals surface area contributed by atoms with E-state index in [4.69, 9.17) is 9.47 Å². The monoisotopic (exact) mass is 447 g/mol. The van der Waals surface area contributed by atoms with Crippen molar-refractivity contribution in [3.63, 3.8) is 0 Å². The molecule has 2 unspecified atom stereocenters. The van der Waals surface area contributed by atoms with Crippen molar-refractivity contribution in [1.82, 2.24) is 19.9 Å². The third-order valence-corrected chi connectivity index (χ3v) is 5.61. The van der Waals surface area contributed by atoms with Gasteiger partial charge in [-0.1, -0.05) is 0 Å². The Morgan fingerprint density at radius 2 is 2.09 bits per heavy atom. The van der Waals surface area contributed by atoms with Gasteiger partial charge in [0.2, 0.25) is 0 Å². The molecule has 0 fully saturated rings. The quantitative estimate of drug-likeness (QED) is 0.618. The highest BCUT2D eigenvalue weighted by Gasteiger charge is 2.37. The van der Waals surface area contributed by atoms with Crippen LogP contribution in [0, 0.1) is 5.82 Å². The second-order valence-corrected chi connectivity index (χ2v) is 7.86. The normalized spacial score (nSPS) is 21.0. The van der Waals surface area contributed by atoms with Crippen LogP contribution in [0.15, 0.2) is 30.6 Å². The summed E-state index contributed by atoms with van der Waals surface area (Å²) in [5.74, 6) is -0.132. The zero-order chi connectivity index (χ0) is 22.4. The highest BCUT2D eigenvalue weighted by Crippen LogP contribution is 2.37. The average Bonchev–Trinajstić information content (AvgIpc) is 3.16. The van der Waals surface area contributed by atoms with E-state index in [1.807, 2.05) is 6.92 Å². The molecule has 11 heteroatoms. The lowest BCUT2D eigenvalue weighted by atomic mass is 10.1. The number of benzene rings is 1.